The number of nitrogens with zero attached hydrogens (tertiary/aromatic N) is 1. The second-order valence-electron chi connectivity index (χ2n) is 7.19. The van der Waals surface area contributed by atoms with E-state index in [-0.39, 0.29) is 23.4 Å². The zero-order valence-electron chi connectivity index (χ0n) is 14.4. The van der Waals surface area contributed by atoms with E-state index in [1.807, 2.05) is 30.3 Å². The van der Waals surface area contributed by atoms with Gasteiger partial charge in [0.1, 0.15) is 0 Å². The van der Waals surface area contributed by atoms with E-state index in [0.29, 0.717) is 12.8 Å². The van der Waals surface area contributed by atoms with Gasteiger partial charge >= 0.3 is 6.18 Å². The van der Waals surface area contributed by atoms with Crippen molar-refractivity contribution in [1.82, 2.24) is 0 Å². The summed E-state index contributed by atoms with van der Waals surface area (Å²) in [4.78, 5) is 26.6. The number of alkyl halides is 3. The van der Waals surface area contributed by atoms with Crippen LogP contribution in [0.4, 0.5) is 18.9 Å². The van der Waals surface area contributed by atoms with Crippen LogP contribution >= 0.6 is 0 Å². The Morgan fingerprint density at radius 3 is 2.26 bits per heavy atom. The monoisotopic (exact) mass is 373 g/mol. The van der Waals surface area contributed by atoms with E-state index >= 15 is 0 Å². The fraction of sp³-hybridized carbons (Fsp3) is 0.333. The number of anilines is 1. The third kappa shape index (κ3) is 3.13. The highest BCUT2D eigenvalue weighted by atomic mass is 19.4. The molecule has 4 rings (SSSR count). The van der Waals surface area contributed by atoms with Crippen molar-refractivity contribution >= 4 is 17.5 Å². The summed E-state index contributed by atoms with van der Waals surface area (Å²) in [5, 5.41) is 0. The maximum atomic E-state index is 13.0. The Hall–Kier alpha value is -2.63. The van der Waals surface area contributed by atoms with Gasteiger partial charge < -0.3 is 0 Å². The van der Waals surface area contributed by atoms with E-state index in [4.69, 9.17) is 0 Å². The molecule has 3 atom stereocenters. The summed E-state index contributed by atoms with van der Waals surface area (Å²) in [5.41, 5.74) is 0.275. The van der Waals surface area contributed by atoms with Crippen LogP contribution in [0, 0.1) is 11.8 Å². The van der Waals surface area contributed by atoms with Crippen molar-refractivity contribution in [1.29, 1.82) is 0 Å². The SMILES string of the molecule is O=C1[C@H]2C[C@H](c3ccccc3)CC[C@H]2C(=O)N1c1cccc(C(F)(F)F)c1. The van der Waals surface area contributed by atoms with Gasteiger partial charge in [0.15, 0.2) is 0 Å². The van der Waals surface area contributed by atoms with E-state index in [0.717, 1.165) is 29.0 Å². The number of halogens is 3. The van der Waals surface area contributed by atoms with Crippen LogP contribution in [-0.2, 0) is 15.8 Å². The second-order valence-corrected chi connectivity index (χ2v) is 7.19. The van der Waals surface area contributed by atoms with Crippen molar-refractivity contribution in [2.75, 3.05) is 4.90 Å². The minimum atomic E-state index is -4.52. The first kappa shape index (κ1) is 17.8. The lowest BCUT2D eigenvalue weighted by Crippen LogP contribution is -2.31. The van der Waals surface area contributed by atoms with E-state index in [1.165, 1.54) is 12.1 Å². The van der Waals surface area contributed by atoms with Gasteiger partial charge in [0.2, 0.25) is 11.8 Å². The Bertz CT molecular complexity index is 878. The largest absolute Gasteiger partial charge is 0.416 e. The molecule has 1 aliphatic carbocycles. The molecule has 0 aromatic heterocycles. The van der Waals surface area contributed by atoms with Crippen LogP contribution < -0.4 is 4.90 Å². The molecular formula is C21H18F3NO2. The van der Waals surface area contributed by atoms with Crippen molar-refractivity contribution in [2.45, 2.75) is 31.4 Å². The third-order valence-corrected chi connectivity index (χ3v) is 5.63. The first-order chi connectivity index (χ1) is 12.9. The van der Waals surface area contributed by atoms with Crippen molar-refractivity contribution in [3.8, 4) is 0 Å². The van der Waals surface area contributed by atoms with Gasteiger partial charge in [0.05, 0.1) is 23.1 Å². The smallest absolute Gasteiger partial charge is 0.274 e. The third-order valence-electron chi connectivity index (χ3n) is 5.63. The predicted molar refractivity (Wildman–Crippen MR) is 94.0 cm³/mol. The maximum absolute atomic E-state index is 13.0. The summed E-state index contributed by atoms with van der Waals surface area (Å²) in [5.74, 6) is -1.48. The Kier molecular flexibility index (Phi) is 4.29. The Morgan fingerprint density at radius 1 is 0.852 bits per heavy atom. The number of hydrogen-bond donors (Lipinski definition) is 0. The summed E-state index contributed by atoms with van der Waals surface area (Å²) in [6, 6.07) is 14.3. The standard InChI is InChI=1S/C21H18F3NO2/c22-21(23,24)15-7-4-8-16(12-15)25-19(26)17-10-9-14(11-18(17)20(25)27)13-5-2-1-3-6-13/h1-8,12,14,17-18H,9-11H2/t14-,17-,18+/m1/s1. The number of benzene rings is 2. The fourth-order valence-corrected chi connectivity index (χ4v) is 4.28. The highest BCUT2D eigenvalue weighted by Gasteiger charge is 2.51. The van der Waals surface area contributed by atoms with E-state index < -0.39 is 23.6 Å². The highest BCUT2D eigenvalue weighted by Crippen LogP contribution is 2.46. The van der Waals surface area contributed by atoms with E-state index in [9.17, 15) is 22.8 Å². The molecule has 2 fully saturated rings. The van der Waals surface area contributed by atoms with Gasteiger partial charge in [-0.15, -0.1) is 0 Å². The average Bonchev–Trinajstić information content (AvgIpc) is 2.92. The van der Waals surface area contributed by atoms with Gasteiger partial charge in [0.25, 0.3) is 0 Å². The average molecular weight is 373 g/mol. The van der Waals surface area contributed by atoms with Crippen LogP contribution in [0.5, 0.6) is 0 Å². The molecule has 0 bridgehead atoms. The highest BCUT2D eigenvalue weighted by molar-refractivity contribution is 6.22. The van der Waals surface area contributed by atoms with Crippen LogP contribution in [0.3, 0.4) is 0 Å². The molecule has 3 nitrogen and oxygen atoms in total. The molecule has 0 spiro atoms. The first-order valence-corrected chi connectivity index (χ1v) is 8.96. The van der Waals surface area contributed by atoms with Crippen LogP contribution in [0.1, 0.15) is 36.3 Å². The molecule has 1 heterocycles. The summed E-state index contributed by atoms with van der Waals surface area (Å²) < 4.78 is 39.0. The van der Waals surface area contributed by atoms with Gasteiger partial charge in [-0.3, -0.25) is 14.5 Å². The normalized spacial score (nSPS) is 25.6. The number of rotatable bonds is 2. The molecule has 2 amide bonds. The van der Waals surface area contributed by atoms with Gasteiger partial charge in [-0.1, -0.05) is 36.4 Å². The molecule has 1 saturated carbocycles. The number of hydrogen-bond acceptors (Lipinski definition) is 2. The van der Waals surface area contributed by atoms with E-state index in [1.54, 1.807) is 0 Å². The summed E-state index contributed by atoms with van der Waals surface area (Å²) in [6.45, 7) is 0. The number of carbonyl (C=O) groups is 2. The van der Waals surface area contributed by atoms with Crippen LogP contribution in [0.25, 0.3) is 0 Å². The molecule has 0 unspecified atom stereocenters. The van der Waals surface area contributed by atoms with Crippen molar-refractivity contribution in [3.05, 3.63) is 65.7 Å². The van der Waals surface area contributed by atoms with Crippen molar-refractivity contribution < 1.29 is 22.8 Å². The van der Waals surface area contributed by atoms with Crippen LogP contribution in [0.2, 0.25) is 0 Å². The zero-order valence-corrected chi connectivity index (χ0v) is 14.4. The van der Waals surface area contributed by atoms with Gasteiger partial charge in [-0.2, -0.15) is 13.2 Å². The Labute approximate surface area is 154 Å². The predicted octanol–water partition coefficient (Wildman–Crippen LogP) is 4.78. The molecule has 0 radical (unpaired) electrons. The number of carbonyl (C=O) groups excluding carboxylic acids is 2. The molecule has 1 saturated heterocycles. The summed E-state index contributed by atoms with van der Waals surface area (Å²) in [7, 11) is 0. The van der Waals surface area contributed by atoms with E-state index in [2.05, 4.69) is 0 Å². The second kappa shape index (κ2) is 6.51. The van der Waals surface area contributed by atoms with Crippen molar-refractivity contribution in [3.63, 3.8) is 0 Å². The topological polar surface area (TPSA) is 37.4 Å². The maximum Gasteiger partial charge on any atom is 0.416 e. The molecule has 1 aliphatic heterocycles. The fourth-order valence-electron chi connectivity index (χ4n) is 4.28. The summed E-state index contributed by atoms with van der Waals surface area (Å²) >= 11 is 0. The molecule has 2 aliphatic rings. The number of fused-ring (bicyclic) bond motifs is 1. The molecule has 140 valence electrons. The molecular weight excluding hydrogens is 355 g/mol. The Balaban J connectivity index is 1.61. The minimum Gasteiger partial charge on any atom is -0.274 e. The van der Waals surface area contributed by atoms with Gasteiger partial charge in [-0.05, 0) is 48.9 Å². The zero-order chi connectivity index (χ0) is 19.2. The van der Waals surface area contributed by atoms with Gasteiger partial charge in [0, 0.05) is 0 Å². The van der Waals surface area contributed by atoms with Crippen LogP contribution in [0.15, 0.2) is 54.6 Å². The number of imide groups is 1. The molecule has 2 aromatic carbocycles. The molecule has 6 heteroatoms. The Morgan fingerprint density at radius 2 is 1.56 bits per heavy atom. The quantitative estimate of drug-likeness (QED) is 0.711. The van der Waals surface area contributed by atoms with Gasteiger partial charge in [-0.25, -0.2) is 0 Å². The molecule has 2 aromatic rings. The first-order valence-electron chi connectivity index (χ1n) is 8.96. The number of amides is 2. The minimum absolute atomic E-state index is 0.00508. The lowest BCUT2D eigenvalue weighted by atomic mass is 9.73. The molecule has 0 N–H and O–H groups in total. The lowest BCUT2D eigenvalue weighted by molar-refractivity contribution is -0.137. The molecule has 27 heavy (non-hydrogen) atoms. The summed E-state index contributed by atoms with van der Waals surface area (Å²) in [6.07, 6.45) is -2.60. The van der Waals surface area contributed by atoms with Crippen molar-refractivity contribution in [2.24, 2.45) is 11.8 Å². The lowest BCUT2D eigenvalue weighted by Gasteiger charge is -2.28. The van der Waals surface area contributed by atoms with Crippen LogP contribution in [-0.4, -0.2) is 11.8 Å².